The van der Waals surface area contributed by atoms with Gasteiger partial charge in [-0.1, -0.05) is 0 Å². The van der Waals surface area contributed by atoms with E-state index in [2.05, 4.69) is 38.2 Å². The number of amidine groups is 1. The predicted molar refractivity (Wildman–Crippen MR) is 90.8 cm³/mol. The summed E-state index contributed by atoms with van der Waals surface area (Å²) in [7, 11) is 0. The van der Waals surface area contributed by atoms with Gasteiger partial charge in [0.25, 0.3) is 0 Å². The van der Waals surface area contributed by atoms with Crippen molar-refractivity contribution in [1.29, 1.82) is 5.41 Å². The van der Waals surface area contributed by atoms with Crippen molar-refractivity contribution in [2.24, 2.45) is 0 Å². The fourth-order valence-corrected chi connectivity index (χ4v) is 3.91. The summed E-state index contributed by atoms with van der Waals surface area (Å²) in [6.45, 7) is 2.89. The van der Waals surface area contributed by atoms with Crippen LogP contribution in [0.25, 0.3) is 10.9 Å². The zero-order valence-electron chi connectivity index (χ0n) is 12.3. The summed E-state index contributed by atoms with van der Waals surface area (Å²) in [5.74, 6) is 0.680. The molecule has 4 heterocycles. The first kappa shape index (κ1) is 13.5. The minimum atomic E-state index is 0.680. The van der Waals surface area contributed by atoms with Crippen molar-refractivity contribution < 1.29 is 0 Å². The molecule has 112 valence electrons. The molecule has 0 saturated carbocycles. The monoisotopic (exact) mass is 310 g/mol. The Morgan fingerprint density at radius 1 is 1.27 bits per heavy atom. The largest absolute Gasteiger partial charge is 0.357 e. The van der Waals surface area contributed by atoms with Crippen LogP contribution in [0.5, 0.6) is 0 Å². The zero-order valence-corrected chi connectivity index (χ0v) is 13.1. The van der Waals surface area contributed by atoms with Gasteiger partial charge in [0, 0.05) is 46.7 Å². The first-order valence-corrected chi connectivity index (χ1v) is 8.49. The first-order valence-electron chi connectivity index (χ1n) is 7.61. The molecule has 1 aliphatic rings. The van der Waals surface area contributed by atoms with Gasteiger partial charge >= 0.3 is 0 Å². The average Bonchev–Trinajstić information content (AvgIpc) is 3.28. The minimum Gasteiger partial charge on any atom is -0.357 e. The summed E-state index contributed by atoms with van der Waals surface area (Å²) in [5, 5.41) is 11.7. The van der Waals surface area contributed by atoms with Crippen LogP contribution in [-0.2, 0) is 6.54 Å². The zero-order chi connectivity index (χ0) is 14.9. The van der Waals surface area contributed by atoms with Gasteiger partial charge in [0.2, 0.25) is 0 Å². The van der Waals surface area contributed by atoms with E-state index in [0.717, 1.165) is 30.7 Å². The predicted octanol–water partition coefficient (Wildman–Crippen LogP) is 3.57. The van der Waals surface area contributed by atoms with Crippen molar-refractivity contribution in [3.05, 3.63) is 52.6 Å². The molecule has 1 aliphatic heterocycles. The Morgan fingerprint density at radius 3 is 3.00 bits per heavy atom. The molecule has 0 amide bonds. The molecule has 0 radical (unpaired) electrons. The van der Waals surface area contributed by atoms with Gasteiger partial charge in [0.05, 0.1) is 18.3 Å². The van der Waals surface area contributed by atoms with Crippen LogP contribution in [-0.4, -0.2) is 33.4 Å². The Morgan fingerprint density at radius 2 is 2.14 bits per heavy atom. The van der Waals surface area contributed by atoms with Gasteiger partial charge in [0.15, 0.2) is 0 Å². The summed E-state index contributed by atoms with van der Waals surface area (Å²) in [6, 6.07) is 6.32. The Kier molecular flexibility index (Phi) is 3.42. The lowest BCUT2D eigenvalue weighted by Crippen LogP contribution is -2.27. The summed E-state index contributed by atoms with van der Waals surface area (Å²) < 4.78 is 2.22. The van der Waals surface area contributed by atoms with Gasteiger partial charge in [-0.25, -0.2) is 0 Å². The fraction of sp³-hybridized carbons (Fsp3) is 0.294. The van der Waals surface area contributed by atoms with Crippen molar-refractivity contribution in [2.45, 2.75) is 19.4 Å². The summed E-state index contributed by atoms with van der Waals surface area (Å²) in [5.41, 5.74) is 2.21. The van der Waals surface area contributed by atoms with E-state index in [1.54, 1.807) is 11.3 Å². The molecule has 1 saturated heterocycles. The van der Waals surface area contributed by atoms with Crippen LogP contribution < -0.4 is 0 Å². The van der Waals surface area contributed by atoms with Crippen LogP contribution in [0.1, 0.15) is 23.3 Å². The third-order valence-corrected chi connectivity index (χ3v) is 5.17. The van der Waals surface area contributed by atoms with Crippen molar-refractivity contribution in [1.82, 2.24) is 14.5 Å². The molecule has 0 spiro atoms. The summed E-state index contributed by atoms with van der Waals surface area (Å²) in [4.78, 5) is 7.67. The maximum absolute atomic E-state index is 8.34. The molecule has 3 aromatic heterocycles. The maximum Gasteiger partial charge on any atom is 0.128 e. The molecular formula is C17H18N4S. The summed E-state index contributed by atoms with van der Waals surface area (Å²) in [6.07, 6.45) is 8.27. The van der Waals surface area contributed by atoms with E-state index < -0.39 is 0 Å². The SMILES string of the molecule is N=C(c1csc(Cn2ccc3ccncc32)c1)N1CCCC1. The Hall–Kier alpha value is -2.14. The second kappa shape index (κ2) is 5.57. The number of hydrogen-bond donors (Lipinski definition) is 1. The Labute approximate surface area is 133 Å². The molecule has 0 bridgehead atoms. The second-order valence-corrected chi connectivity index (χ2v) is 6.72. The molecule has 0 aliphatic carbocycles. The molecule has 1 fully saturated rings. The number of hydrogen-bond acceptors (Lipinski definition) is 3. The quantitative estimate of drug-likeness (QED) is 0.594. The number of fused-ring (bicyclic) bond motifs is 1. The van der Waals surface area contributed by atoms with E-state index in [-0.39, 0.29) is 0 Å². The molecule has 1 N–H and O–H groups in total. The molecule has 3 aromatic rings. The average molecular weight is 310 g/mol. The molecule has 22 heavy (non-hydrogen) atoms. The van der Waals surface area contributed by atoms with Crippen LogP contribution in [0.3, 0.4) is 0 Å². The lowest BCUT2D eigenvalue weighted by atomic mass is 10.2. The molecular weight excluding hydrogens is 292 g/mol. The normalized spacial score (nSPS) is 14.8. The minimum absolute atomic E-state index is 0.680. The number of likely N-dealkylation sites (tertiary alicyclic amines) is 1. The highest BCUT2D eigenvalue weighted by molar-refractivity contribution is 7.10. The van der Waals surface area contributed by atoms with E-state index >= 15 is 0 Å². The highest BCUT2D eigenvalue weighted by Gasteiger charge is 2.17. The van der Waals surface area contributed by atoms with E-state index in [1.807, 2.05) is 18.5 Å². The van der Waals surface area contributed by atoms with Crippen LogP contribution in [0, 0.1) is 5.41 Å². The number of aromatic nitrogens is 2. The van der Waals surface area contributed by atoms with Crippen molar-refractivity contribution in [3.8, 4) is 0 Å². The smallest absolute Gasteiger partial charge is 0.128 e. The highest BCUT2D eigenvalue weighted by atomic mass is 32.1. The molecule has 4 nitrogen and oxygen atoms in total. The van der Waals surface area contributed by atoms with Gasteiger partial charge < -0.3 is 9.47 Å². The highest BCUT2D eigenvalue weighted by Crippen LogP contribution is 2.22. The van der Waals surface area contributed by atoms with Gasteiger partial charge in [-0.15, -0.1) is 11.3 Å². The molecule has 5 heteroatoms. The fourth-order valence-electron chi connectivity index (χ4n) is 3.05. The number of rotatable bonds is 3. The summed E-state index contributed by atoms with van der Waals surface area (Å²) >= 11 is 1.73. The van der Waals surface area contributed by atoms with E-state index in [4.69, 9.17) is 5.41 Å². The standard InChI is InChI=1S/C17H18N4S/c18-17(20-6-1-2-7-20)14-9-15(22-12-14)11-21-8-4-13-3-5-19-10-16(13)21/h3-5,8-10,12,18H,1-2,6-7,11H2. The molecule has 0 aromatic carbocycles. The van der Waals surface area contributed by atoms with E-state index in [0.29, 0.717) is 5.84 Å². The van der Waals surface area contributed by atoms with Crippen molar-refractivity contribution in [3.63, 3.8) is 0 Å². The van der Waals surface area contributed by atoms with Crippen LogP contribution >= 0.6 is 11.3 Å². The van der Waals surface area contributed by atoms with Gasteiger partial charge in [-0.2, -0.15) is 0 Å². The lowest BCUT2D eigenvalue weighted by molar-refractivity contribution is 0.517. The number of pyridine rings is 1. The number of nitrogens with one attached hydrogen (secondary N) is 1. The van der Waals surface area contributed by atoms with Crippen molar-refractivity contribution >= 4 is 28.1 Å². The number of nitrogens with zero attached hydrogens (tertiary/aromatic N) is 3. The third kappa shape index (κ3) is 2.41. The van der Waals surface area contributed by atoms with Gasteiger partial charge in [-0.05, 0) is 31.0 Å². The second-order valence-electron chi connectivity index (χ2n) is 5.72. The topological polar surface area (TPSA) is 44.9 Å². The first-order chi connectivity index (χ1) is 10.8. The number of thiophene rings is 1. The Bertz CT molecular complexity index is 811. The third-order valence-electron chi connectivity index (χ3n) is 4.25. The Balaban J connectivity index is 1.55. The van der Waals surface area contributed by atoms with Crippen molar-refractivity contribution in [2.75, 3.05) is 13.1 Å². The van der Waals surface area contributed by atoms with E-state index in [1.165, 1.54) is 23.1 Å². The maximum atomic E-state index is 8.34. The van der Waals surface area contributed by atoms with Gasteiger partial charge in [-0.3, -0.25) is 10.4 Å². The van der Waals surface area contributed by atoms with Crippen LogP contribution in [0.2, 0.25) is 0 Å². The van der Waals surface area contributed by atoms with Crippen LogP contribution in [0.15, 0.2) is 42.2 Å². The molecule has 4 rings (SSSR count). The van der Waals surface area contributed by atoms with Gasteiger partial charge in [0.1, 0.15) is 5.84 Å². The van der Waals surface area contributed by atoms with E-state index in [9.17, 15) is 0 Å². The lowest BCUT2D eigenvalue weighted by Gasteiger charge is -2.17. The molecule has 0 atom stereocenters. The van der Waals surface area contributed by atoms with Crippen LogP contribution in [0.4, 0.5) is 0 Å². The molecule has 0 unspecified atom stereocenters.